The Morgan fingerprint density at radius 3 is 2.93 bits per heavy atom. The Hall–Kier alpha value is -1.38. The van der Waals surface area contributed by atoms with Gasteiger partial charge in [-0.05, 0) is 31.9 Å². The zero-order valence-corrected chi connectivity index (χ0v) is 8.56. The number of carbonyl (C=O) groups excluding carboxylic acids is 1. The monoisotopic (exact) mass is 193 g/mol. The summed E-state index contributed by atoms with van der Waals surface area (Å²) in [6.07, 6.45) is 5.77. The van der Waals surface area contributed by atoms with Gasteiger partial charge in [-0.2, -0.15) is 0 Å². The largest absolute Gasteiger partial charge is 0.489 e. The zero-order chi connectivity index (χ0) is 10.4. The second-order valence-corrected chi connectivity index (χ2v) is 3.40. The van der Waals surface area contributed by atoms with Gasteiger partial charge in [0.15, 0.2) is 0 Å². The van der Waals surface area contributed by atoms with Crippen molar-refractivity contribution >= 4 is 6.29 Å². The molecule has 0 aliphatic rings. The fraction of sp³-hybridized carbons (Fsp3) is 0.455. The molecule has 0 aromatic carbocycles. The fourth-order valence-electron chi connectivity index (χ4n) is 1.16. The van der Waals surface area contributed by atoms with E-state index >= 15 is 0 Å². The molecule has 0 saturated carbocycles. The highest BCUT2D eigenvalue weighted by atomic mass is 16.5. The second kappa shape index (κ2) is 5.37. The molecular weight excluding hydrogens is 178 g/mol. The van der Waals surface area contributed by atoms with Crippen LogP contribution in [0.25, 0.3) is 0 Å². The van der Waals surface area contributed by atoms with Crippen LogP contribution in [0.5, 0.6) is 5.75 Å². The molecule has 76 valence electrons. The van der Waals surface area contributed by atoms with Crippen LogP contribution in [0, 0.1) is 0 Å². The summed E-state index contributed by atoms with van der Waals surface area (Å²) >= 11 is 0. The lowest BCUT2D eigenvalue weighted by atomic mass is 10.2. The van der Waals surface area contributed by atoms with Crippen molar-refractivity contribution in [2.45, 2.75) is 32.8 Å². The SMILES string of the molecule is CC(C)Oc1cncc(CCC=O)c1. The van der Waals surface area contributed by atoms with Gasteiger partial charge >= 0.3 is 0 Å². The van der Waals surface area contributed by atoms with Crippen molar-refractivity contribution in [3.8, 4) is 5.75 Å². The van der Waals surface area contributed by atoms with Crippen molar-refractivity contribution in [3.05, 3.63) is 24.0 Å². The average molecular weight is 193 g/mol. The van der Waals surface area contributed by atoms with E-state index in [1.54, 1.807) is 12.4 Å². The predicted octanol–water partition coefficient (Wildman–Crippen LogP) is 2.00. The maximum Gasteiger partial charge on any atom is 0.138 e. The lowest BCUT2D eigenvalue weighted by Crippen LogP contribution is -2.06. The molecule has 1 aromatic rings. The number of aldehydes is 1. The minimum Gasteiger partial charge on any atom is -0.489 e. The maximum absolute atomic E-state index is 10.2. The fourth-order valence-corrected chi connectivity index (χ4v) is 1.16. The lowest BCUT2D eigenvalue weighted by molar-refractivity contribution is -0.107. The first-order chi connectivity index (χ1) is 6.72. The molecule has 0 bridgehead atoms. The number of carbonyl (C=O) groups is 1. The molecule has 0 fully saturated rings. The van der Waals surface area contributed by atoms with E-state index in [1.165, 1.54) is 0 Å². The van der Waals surface area contributed by atoms with E-state index in [0.29, 0.717) is 6.42 Å². The number of hydrogen-bond acceptors (Lipinski definition) is 3. The predicted molar refractivity (Wildman–Crippen MR) is 54.4 cm³/mol. The van der Waals surface area contributed by atoms with E-state index < -0.39 is 0 Å². The summed E-state index contributed by atoms with van der Waals surface area (Å²) < 4.78 is 5.48. The van der Waals surface area contributed by atoms with Crippen LogP contribution in [-0.4, -0.2) is 17.4 Å². The minimum atomic E-state index is 0.151. The number of hydrogen-bond donors (Lipinski definition) is 0. The number of nitrogens with zero attached hydrogens (tertiary/aromatic N) is 1. The molecule has 0 amide bonds. The molecule has 3 heteroatoms. The van der Waals surface area contributed by atoms with Crippen molar-refractivity contribution in [1.82, 2.24) is 4.98 Å². The standard InChI is InChI=1S/C11H15NO2/c1-9(2)14-11-6-10(4-3-5-13)7-12-8-11/h5-9H,3-4H2,1-2H3. The van der Waals surface area contributed by atoms with Crippen LogP contribution in [0.3, 0.4) is 0 Å². The van der Waals surface area contributed by atoms with Gasteiger partial charge in [-0.25, -0.2) is 0 Å². The quantitative estimate of drug-likeness (QED) is 0.671. The Labute approximate surface area is 84.1 Å². The summed E-state index contributed by atoms with van der Waals surface area (Å²) in [6.45, 7) is 3.94. The molecule has 0 spiro atoms. The van der Waals surface area contributed by atoms with E-state index in [0.717, 1.165) is 24.0 Å². The van der Waals surface area contributed by atoms with Gasteiger partial charge < -0.3 is 9.53 Å². The lowest BCUT2D eigenvalue weighted by Gasteiger charge is -2.09. The summed E-state index contributed by atoms with van der Waals surface area (Å²) in [7, 11) is 0. The first kappa shape index (κ1) is 10.7. The van der Waals surface area contributed by atoms with E-state index in [-0.39, 0.29) is 6.10 Å². The molecule has 0 saturated heterocycles. The summed E-state index contributed by atoms with van der Waals surface area (Å²) in [5.41, 5.74) is 1.04. The van der Waals surface area contributed by atoms with Gasteiger partial charge in [-0.15, -0.1) is 0 Å². The van der Waals surface area contributed by atoms with Crippen LogP contribution >= 0.6 is 0 Å². The summed E-state index contributed by atoms with van der Waals surface area (Å²) in [5.74, 6) is 0.767. The van der Waals surface area contributed by atoms with Crippen molar-refractivity contribution in [2.24, 2.45) is 0 Å². The minimum absolute atomic E-state index is 0.151. The summed E-state index contributed by atoms with van der Waals surface area (Å²) in [6, 6.07) is 1.93. The average Bonchev–Trinajstić information content (AvgIpc) is 2.14. The number of aromatic nitrogens is 1. The van der Waals surface area contributed by atoms with Crippen LogP contribution in [0.4, 0.5) is 0 Å². The molecule has 3 nitrogen and oxygen atoms in total. The number of pyridine rings is 1. The normalized spacial score (nSPS) is 10.2. The highest BCUT2D eigenvalue weighted by Crippen LogP contribution is 2.13. The Balaban J connectivity index is 2.63. The highest BCUT2D eigenvalue weighted by molar-refractivity contribution is 5.50. The molecule has 1 heterocycles. The van der Waals surface area contributed by atoms with E-state index in [9.17, 15) is 4.79 Å². The van der Waals surface area contributed by atoms with Gasteiger partial charge in [-0.1, -0.05) is 0 Å². The molecule has 14 heavy (non-hydrogen) atoms. The van der Waals surface area contributed by atoms with Crippen molar-refractivity contribution in [1.29, 1.82) is 0 Å². The van der Waals surface area contributed by atoms with Crippen molar-refractivity contribution in [3.63, 3.8) is 0 Å². The Kier molecular flexibility index (Phi) is 4.11. The van der Waals surface area contributed by atoms with Crippen LogP contribution in [-0.2, 0) is 11.2 Å². The number of rotatable bonds is 5. The third-order valence-corrected chi connectivity index (χ3v) is 1.69. The number of ether oxygens (including phenoxy) is 1. The van der Waals surface area contributed by atoms with Crippen molar-refractivity contribution in [2.75, 3.05) is 0 Å². The van der Waals surface area contributed by atoms with Crippen LogP contribution in [0.1, 0.15) is 25.8 Å². The molecular formula is C11H15NO2. The first-order valence-electron chi connectivity index (χ1n) is 4.76. The Bertz CT molecular complexity index is 297. The summed E-state index contributed by atoms with van der Waals surface area (Å²) in [5, 5.41) is 0. The Morgan fingerprint density at radius 1 is 1.50 bits per heavy atom. The van der Waals surface area contributed by atoms with Crippen LogP contribution < -0.4 is 4.74 Å². The van der Waals surface area contributed by atoms with Crippen LogP contribution in [0.15, 0.2) is 18.5 Å². The molecule has 1 aromatic heterocycles. The van der Waals surface area contributed by atoms with E-state index in [4.69, 9.17) is 4.74 Å². The molecule has 1 rings (SSSR count). The number of aryl methyl sites for hydroxylation is 1. The van der Waals surface area contributed by atoms with Gasteiger partial charge in [0.25, 0.3) is 0 Å². The van der Waals surface area contributed by atoms with E-state index in [1.807, 2.05) is 19.9 Å². The van der Waals surface area contributed by atoms with E-state index in [2.05, 4.69) is 4.98 Å². The molecule has 0 aliphatic carbocycles. The second-order valence-electron chi connectivity index (χ2n) is 3.40. The highest BCUT2D eigenvalue weighted by Gasteiger charge is 1.99. The smallest absolute Gasteiger partial charge is 0.138 e. The topological polar surface area (TPSA) is 39.2 Å². The van der Waals surface area contributed by atoms with Crippen molar-refractivity contribution < 1.29 is 9.53 Å². The molecule has 0 unspecified atom stereocenters. The summed E-state index contributed by atoms with van der Waals surface area (Å²) in [4.78, 5) is 14.2. The van der Waals surface area contributed by atoms with Crippen LogP contribution in [0.2, 0.25) is 0 Å². The van der Waals surface area contributed by atoms with Gasteiger partial charge in [-0.3, -0.25) is 4.98 Å². The first-order valence-corrected chi connectivity index (χ1v) is 4.76. The third kappa shape index (κ3) is 3.56. The molecule has 0 aliphatic heterocycles. The maximum atomic E-state index is 10.2. The van der Waals surface area contributed by atoms with Gasteiger partial charge in [0, 0.05) is 12.6 Å². The third-order valence-electron chi connectivity index (χ3n) is 1.69. The molecule has 0 radical (unpaired) electrons. The van der Waals surface area contributed by atoms with Gasteiger partial charge in [0.1, 0.15) is 12.0 Å². The van der Waals surface area contributed by atoms with Gasteiger partial charge in [0.05, 0.1) is 12.3 Å². The molecule has 0 N–H and O–H groups in total. The van der Waals surface area contributed by atoms with Gasteiger partial charge in [0.2, 0.25) is 0 Å². The Morgan fingerprint density at radius 2 is 2.29 bits per heavy atom. The zero-order valence-electron chi connectivity index (χ0n) is 8.56. The molecule has 0 atom stereocenters.